The van der Waals surface area contributed by atoms with Gasteiger partial charge in [-0.05, 0) is 37.5 Å². The Morgan fingerprint density at radius 1 is 1.21 bits per heavy atom. The number of esters is 1. The van der Waals surface area contributed by atoms with Gasteiger partial charge in [-0.15, -0.1) is 0 Å². The summed E-state index contributed by atoms with van der Waals surface area (Å²) in [6.45, 7) is 0. The Hall–Kier alpha value is -0.530. The average Bonchev–Trinajstić information content (AvgIpc) is 2.65. The summed E-state index contributed by atoms with van der Waals surface area (Å²) in [4.78, 5) is 11.5. The summed E-state index contributed by atoms with van der Waals surface area (Å²) in [6.07, 6.45) is 10.1. The summed E-state index contributed by atoms with van der Waals surface area (Å²) in [5, 5.41) is 0. The smallest absolute Gasteiger partial charge is 0.308 e. The molecule has 2 saturated carbocycles. The largest absolute Gasteiger partial charge is 0.469 e. The van der Waals surface area contributed by atoms with E-state index < -0.39 is 0 Å². The Morgan fingerprint density at radius 3 is 2.50 bits per heavy atom. The summed E-state index contributed by atoms with van der Waals surface area (Å²) >= 11 is 0. The Bertz CT molecular complexity index is 216. The van der Waals surface area contributed by atoms with E-state index in [1.807, 2.05) is 0 Å². The molecule has 0 aromatic heterocycles. The molecular weight excluding hydrogens is 176 g/mol. The first-order valence-electron chi connectivity index (χ1n) is 5.84. The second-order valence-electron chi connectivity index (χ2n) is 5.02. The molecule has 2 rings (SSSR count). The van der Waals surface area contributed by atoms with Crippen molar-refractivity contribution in [2.45, 2.75) is 51.4 Å². The first-order chi connectivity index (χ1) is 6.76. The van der Waals surface area contributed by atoms with E-state index in [0.717, 1.165) is 12.8 Å². The van der Waals surface area contributed by atoms with Gasteiger partial charge >= 0.3 is 5.97 Å². The molecule has 0 radical (unpaired) electrons. The zero-order valence-electron chi connectivity index (χ0n) is 9.05. The van der Waals surface area contributed by atoms with Crippen LogP contribution in [0.5, 0.6) is 0 Å². The van der Waals surface area contributed by atoms with Crippen molar-refractivity contribution in [2.75, 3.05) is 7.11 Å². The van der Waals surface area contributed by atoms with Crippen LogP contribution in [0, 0.1) is 11.3 Å². The summed E-state index contributed by atoms with van der Waals surface area (Å²) in [6, 6.07) is 0. The van der Waals surface area contributed by atoms with Crippen molar-refractivity contribution in [1.82, 2.24) is 0 Å². The number of ether oxygens (including phenoxy) is 1. The van der Waals surface area contributed by atoms with Crippen molar-refractivity contribution in [3.63, 3.8) is 0 Å². The van der Waals surface area contributed by atoms with E-state index in [-0.39, 0.29) is 11.9 Å². The van der Waals surface area contributed by atoms with Gasteiger partial charge in [0.2, 0.25) is 0 Å². The highest BCUT2D eigenvalue weighted by atomic mass is 16.5. The van der Waals surface area contributed by atoms with Gasteiger partial charge in [-0.1, -0.05) is 19.3 Å². The van der Waals surface area contributed by atoms with Gasteiger partial charge in [-0.2, -0.15) is 0 Å². The van der Waals surface area contributed by atoms with Crippen LogP contribution in [0.4, 0.5) is 0 Å². The molecule has 0 heterocycles. The monoisotopic (exact) mass is 196 g/mol. The van der Waals surface area contributed by atoms with Crippen molar-refractivity contribution < 1.29 is 9.53 Å². The maximum absolute atomic E-state index is 11.5. The average molecular weight is 196 g/mol. The van der Waals surface area contributed by atoms with Crippen LogP contribution in [0.25, 0.3) is 0 Å². The van der Waals surface area contributed by atoms with E-state index in [0.29, 0.717) is 5.41 Å². The number of rotatable bonds is 1. The number of carbonyl (C=O) groups is 1. The molecule has 2 nitrogen and oxygen atoms in total. The fourth-order valence-corrected chi connectivity index (χ4v) is 3.40. The topological polar surface area (TPSA) is 26.3 Å². The zero-order valence-corrected chi connectivity index (χ0v) is 9.05. The summed E-state index contributed by atoms with van der Waals surface area (Å²) in [5.41, 5.74) is 0.525. The van der Waals surface area contributed by atoms with Crippen LogP contribution in [-0.4, -0.2) is 13.1 Å². The van der Waals surface area contributed by atoms with Crippen LogP contribution in [0.15, 0.2) is 0 Å². The maximum Gasteiger partial charge on any atom is 0.308 e. The minimum atomic E-state index is 0.0241. The van der Waals surface area contributed by atoms with Crippen LogP contribution < -0.4 is 0 Å². The van der Waals surface area contributed by atoms with E-state index in [4.69, 9.17) is 4.74 Å². The SMILES string of the molecule is COC(=O)C1CCCC2(CCCC2)C1. The van der Waals surface area contributed by atoms with Crippen LogP contribution in [0.3, 0.4) is 0 Å². The normalized spacial score (nSPS) is 30.5. The minimum absolute atomic E-state index is 0.0241. The molecule has 80 valence electrons. The Balaban J connectivity index is 1.99. The molecule has 2 aliphatic rings. The third kappa shape index (κ3) is 1.79. The molecule has 0 aromatic carbocycles. The molecule has 0 amide bonds. The highest BCUT2D eigenvalue weighted by Gasteiger charge is 2.40. The van der Waals surface area contributed by atoms with E-state index in [2.05, 4.69) is 0 Å². The van der Waals surface area contributed by atoms with Crippen molar-refractivity contribution in [2.24, 2.45) is 11.3 Å². The Kier molecular flexibility index (Phi) is 2.80. The molecular formula is C12H20O2. The van der Waals surface area contributed by atoms with Crippen molar-refractivity contribution in [3.05, 3.63) is 0 Å². The molecule has 0 N–H and O–H groups in total. The molecule has 2 heteroatoms. The van der Waals surface area contributed by atoms with E-state index in [1.54, 1.807) is 0 Å². The molecule has 0 aliphatic heterocycles. The van der Waals surface area contributed by atoms with Crippen LogP contribution in [0.2, 0.25) is 0 Å². The van der Waals surface area contributed by atoms with Gasteiger partial charge in [-0.25, -0.2) is 0 Å². The van der Waals surface area contributed by atoms with Gasteiger partial charge in [0.1, 0.15) is 0 Å². The van der Waals surface area contributed by atoms with E-state index >= 15 is 0 Å². The van der Waals surface area contributed by atoms with Crippen molar-refractivity contribution >= 4 is 5.97 Å². The first kappa shape index (κ1) is 10.0. The Labute approximate surface area is 86.0 Å². The van der Waals surface area contributed by atoms with E-state index in [1.165, 1.54) is 45.6 Å². The van der Waals surface area contributed by atoms with Gasteiger partial charge < -0.3 is 4.74 Å². The molecule has 0 aromatic rings. The predicted octanol–water partition coefficient (Wildman–Crippen LogP) is 2.91. The zero-order chi connectivity index (χ0) is 10.0. The quantitative estimate of drug-likeness (QED) is 0.603. The van der Waals surface area contributed by atoms with Gasteiger partial charge in [0.25, 0.3) is 0 Å². The van der Waals surface area contributed by atoms with Crippen molar-refractivity contribution in [3.8, 4) is 0 Å². The van der Waals surface area contributed by atoms with Crippen LogP contribution in [0.1, 0.15) is 51.4 Å². The lowest BCUT2D eigenvalue weighted by Crippen LogP contribution is -2.30. The van der Waals surface area contributed by atoms with Crippen LogP contribution in [-0.2, 0) is 9.53 Å². The molecule has 0 bridgehead atoms. The van der Waals surface area contributed by atoms with E-state index in [9.17, 15) is 4.79 Å². The minimum Gasteiger partial charge on any atom is -0.469 e. The fourth-order valence-electron chi connectivity index (χ4n) is 3.40. The summed E-state index contributed by atoms with van der Waals surface area (Å²) in [5.74, 6) is 0.225. The number of methoxy groups -OCH3 is 1. The lowest BCUT2D eigenvalue weighted by Gasteiger charge is -2.36. The standard InChI is InChI=1S/C12H20O2/c1-14-11(13)10-5-4-8-12(9-10)6-2-3-7-12/h10H,2-9H2,1H3. The second kappa shape index (κ2) is 3.92. The molecule has 1 atom stereocenters. The van der Waals surface area contributed by atoms with Gasteiger partial charge in [0.05, 0.1) is 13.0 Å². The van der Waals surface area contributed by atoms with Crippen molar-refractivity contribution in [1.29, 1.82) is 0 Å². The Morgan fingerprint density at radius 2 is 1.86 bits per heavy atom. The predicted molar refractivity (Wildman–Crippen MR) is 54.9 cm³/mol. The summed E-state index contributed by atoms with van der Waals surface area (Å²) in [7, 11) is 1.51. The first-order valence-corrected chi connectivity index (χ1v) is 5.84. The third-order valence-corrected chi connectivity index (χ3v) is 4.14. The third-order valence-electron chi connectivity index (χ3n) is 4.14. The lowest BCUT2D eigenvalue weighted by molar-refractivity contribution is -0.148. The fraction of sp³-hybridized carbons (Fsp3) is 0.917. The summed E-state index contributed by atoms with van der Waals surface area (Å²) < 4.78 is 4.85. The molecule has 2 fully saturated rings. The number of hydrogen-bond donors (Lipinski definition) is 0. The van der Waals surface area contributed by atoms with Gasteiger partial charge in [-0.3, -0.25) is 4.79 Å². The lowest BCUT2D eigenvalue weighted by atomic mass is 9.68. The number of hydrogen-bond acceptors (Lipinski definition) is 2. The number of carbonyl (C=O) groups excluding carboxylic acids is 1. The van der Waals surface area contributed by atoms with Gasteiger partial charge in [0, 0.05) is 0 Å². The highest BCUT2D eigenvalue weighted by molar-refractivity contribution is 5.72. The van der Waals surface area contributed by atoms with Gasteiger partial charge in [0.15, 0.2) is 0 Å². The molecule has 1 spiro atoms. The van der Waals surface area contributed by atoms with Crippen LogP contribution >= 0.6 is 0 Å². The maximum atomic E-state index is 11.5. The second-order valence-corrected chi connectivity index (χ2v) is 5.02. The molecule has 14 heavy (non-hydrogen) atoms. The molecule has 1 unspecified atom stereocenters. The highest BCUT2D eigenvalue weighted by Crippen LogP contribution is 2.50. The molecule has 2 aliphatic carbocycles. The molecule has 0 saturated heterocycles.